The molecule has 7 heteroatoms. The van der Waals surface area contributed by atoms with Gasteiger partial charge >= 0.3 is 0 Å². The van der Waals surface area contributed by atoms with E-state index in [0.29, 0.717) is 9.21 Å². The van der Waals surface area contributed by atoms with E-state index in [4.69, 9.17) is 16.3 Å². The molecule has 1 atom stereocenters. The fourth-order valence-electron chi connectivity index (χ4n) is 2.39. The zero-order chi connectivity index (χ0) is 17.1. The first kappa shape index (κ1) is 16.5. The van der Waals surface area contributed by atoms with Gasteiger partial charge in [-0.1, -0.05) is 23.7 Å². The van der Waals surface area contributed by atoms with E-state index in [1.54, 1.807) is 25.4 Å². The van der Waals surface area contributed by atoms with Crippen LogP contribution in [0.1, 0.15) is 27.1 Å². The van der Waals surface area contributed by atoms with Crippen LogP contribution < -0.4 is 10.1 Å². The summed E-state index contributed by atoms with van der Waals surface area (Å²) in [6, 6.07) is 10.6. The molecule has 24 heavy (non-hydrogen) atoms. The van der Waals surface area contributed by atoms with Crippen LogP contribution in [0, 0.1) is 0 Å². The summed E-state index contributed by atoms with van der Waals surface area (Å²) in [5, 5.41) is 3.03. The number of methoxy groups -OCH3 is 1. The van der Waals surface area contributed by atoms with E-state index in [0.717, 1.165) is 17.1 Å². The summed E-state index contributed by atoms with van der Waals surface area (Å²) in [5.41, 5.74) is 0.918. The molecule has 0 spiro atoms. The molecule has 2 heterocycles. The Morgan fingerprint density at radius 3 is 2.58 bits per heavy atom. The molecule has 1 unspecified atom stereocenters. The van der Waals surface area contributed by atoms with Gasteiger partial charge < -0.3 is 14.6 Å². The summed E-state index contributed by atoms with van der Waals surface area (Å²) in [6.07, 6.45) is 3.56. The lowest BCUT2D eigenvalue weighted by molar-refractivity contribution is 0.0945. The Morgan fingerprint density at radius 1 is 1.29 bits per heavy atom. The minimum atomic E-state index is -0.371. The van der Waals surface area contributed by atoms with Crippen molar-refractivity contribution in [2.45, 2.75) is 6.04 Å². The topological polar surface area (TPSA) is 56.1 Å². The van der Waals surface area contributed by atoms with Crippen LogP contribution in [0.2, 0.25) is 4.34 Å². The molecule has 0 aliphatic carbocycles. The maximum Gasteiger partial charge on any atom is 0.262 e. The van der Waals surface area contributed by atoms with Gasteiger partial charge in [0, 0.05) is 19.4 Å². The highest BCUT2D eigenvalue weighted by Crippen LogP contribution is 2.26. The number of rotatable bonds is 5. The molecular formula is C17H16ClN3O2S. The smallest absolute Gasteiger partial charge is 0.262 e. The first-order valence-corrected chi connectivity index (χ1v) is 8.45. The highest BCUT2D eigenvalue weighted by molar-refractivity contribution is 7.18. The van der Waals surface area contributed by atoms with Crippen LogP contribution in [0.3, 0.4) is 0 Å². The highest BCUT2D eigenvalue weighted by atomic mass is 35.5. The summed E-state index contributed by atoms with van der Waals surface area (Å²) < 4.78 is 7.66. The van der Waals surface area contributed by atoms with Crippen molar-refractivity contribution in [1.29, 1.82) is 0 Å². The van der Waals surface area contributed by atoms with E-state index in [-0.39, 0.29) is 11.9 Å². The predicted octanol–water partition coefficient (Wildman–Crippen LogP) is 3.66. The van der Waals surface area contributed by atoms with Crippen molar-refractivity contribution >= 4 is 28.8 Å². The molecule has 0 saturated carbocycles. The van der Waals surface area contributed by atoms with Crippen LogP contribution in [0.15, 0.2) is 48.8 Å². The molecule has 0 saturated heterocycles. The standard InChI is InChI=1S/C17H16ClN3O2S/c1-21-10-9-19-16(21)15(11-3-5-12(23-2)6-4-11)20-17(22)13-7-8-14(18)24-13/h3-10,15H,1-2H3,(H,20,22). The third-order valence-electron chi connectivity index (χ3n) is 3.64. The number of hydrogen-bond acceptors (Lipinski definition) is 4. The van der Waals surface area contributed by atoms with Gasteiger partial charge in [-0.2, -0.15) is 0 Å². The minimum Gasteiger partial charge on any atom is -0.497 e. The van der Waals surface area contributed by atoms with Crippen LogP contribution in [0.25, 0.3) is 0 Å². The number of thiophene rings is 1. The molecule has 1 aromatic carbocycles. The molecule has 1 amide bonds. The minimum absolute atomic E-state index is 0.185. The van der Waals surface area contributed by atoms with Crippen molar-refractivity contribution in [1.82, 2.24) is 14.9 Å². The summed E-state index contributed by atoms with van der Waals surface area (Å²) in [7, 11) is 3.51. The number of aromatic nitrogens is 2. The Bertz CT molecular complexity index is 842. The largest absolute Gasteiger partial charge is 0.497 e. The Morgan fingerprint density at radius 2 is 2.04 bits per heavy atom. The van der Waals surface area contributed by atoms with Crippen LogP contribution in [0.5, 0.6) is 5.75 Å². The number of hydrogen-bond donors (Lipinski definition) is 1. The molecule has 2 aromatic heterocycles. The maximum atomic E-state index is 12.6. The van der Waals surface area contributed by atoms with Crippen molar-refractivity contribution in [3.05, 3.63) is 69.4 Å². The van der Waals surface area contributed by atoms with Gasteiger partial charge in [-0.15, -0.1) is 11.3 Å². The molecule has 0 radical (unpaired) electrons. The second-order valence-electron chi connectivity index (χ2n) is 5.18. The normalized spacial score (nSPS) is 12.0. The summed E-state index contributed by atoms with van der Waals surface area (Å²) in [5.74, 6) is 1.32. The van der Waals surface area contributed by atoms with Crippen LogP contribution in [-0.2, 0) is 7.05 Å². The molecular weight excluding hydrogens is 346 g/mol. The van der Waals surface area contributed by atoms with Crippen molar-refractivity contribution < 1.29 is 9.53 Å². The monoisotopic (exact) mass is 361 g/mol. The van der Waals surface area contributed by atoms with E-state index in [1.807, 2.05) is 42.1 Å². The van der Waals surface area contributed by atoms with E-state index < -0.39 is 0 Å². The number of nitrogens with one attached hydrogen (secondary N) is 1. The predicted molar refractivity (Wildman–Crippen MR) is 94.8 cm³/mol. The van der Waals surface area contributed by atoms with Gasteiger partial charge in [-0.05, 0) is 29.8 Å². The van der Waals surface area contributed by atoms with Gasteiger partial charge in [-0.25, -0.2) is 4.98 Å². The molecule has 0 bridgehead atoms. The van der Waals surface area contributed by atoms with Gasteiger partial charge in [-0.3, -0.25) is 4.79 Å². The molecule has 3 rings (SSSR count). The third kappa shape index (κ3) is 3.44. The lowest BCUT2D eigenvalue weighted by Crippen LogP contribution is -2.30. The first-order chi connectivity index (χ1) is 11.6. The van der Waals surface area contributed by atoms with Gasteiger partial charge in [0.1, 0.15) is 17.6 Å². The number of benzene rings is 1. The van der Waals surface area contributed by atoms with E-state index >= 15 is 0 Å². The van der Waals surface area contributed by atoms with Crippen molar-refractivity contribution in [2.75, 3.05) is 7.11 Å². The number of halogens is 1. The average Bonchev–Trinajstić information content (AvgIpc) is 3.21. The van der Waals surface area contributed by atoms with E-state index in [9.17, 15) is 4.79 Å². The lowest BCUT2D eigenvalue weighted by atomic mass is 10.1. The Balaban J connectivity index is 1.93. The van der Waals surface area contributed by atoms with Crippen LogP contribution in [-0.4, -0.2) is 22.6 Å². The fraction of sp³-hybridized carbons (Fsp3) is 0.176. The first-order valence-electron chi connectivity index (χ1n) is 7.26. The van der Waals surface area contributed by atoms with Gasteiger partial charge in [0.15, 0.2) is 0 Å². The number of amides is 1. The van der Waals surface area contributed by atoms with E-state index in [2.05, 4.69) is 10.3 Å². The van der Waals surface area contributed by atoms with Crippen molar-refractivity contribution in [3.63, 3.8) is 0 Å². The zero-order valence-corrected chi connectivity index (χ0v) is 14.8. The van der Waals surface area contributed by atoms with Gasteiger partial charge in [0.05, 0.1) is 16.3 Å². The Kier molecular flexibility index (Phi) is 4.87. The fourth-order valence-corrected chi connectivity index (χ4v) is 3.33. The number of ether oxygens (including phenoxy) is 1. The molecule has 124 valence electrons. The van der Waals surface area contributed by atoms with Gasteiger partial charge in [0.25, 0.3) is 5.91 Å². The second-order valence-corrected chi connectivity index (χ2v) is 6.89. The molecule has 5 nitrogen and oxygen atoms in total. The zero-order valence-electron chi connectivity index (χ0n) is 13.2. The summed E-state index contributed by atoms with van der Waals surface area (Å²) in [6.45, 7) is 0. The highest BCUT2D eigenvalue weighted by Gasteiger charge is 2.22. The quantitative estimate of drug-likeness (QED) is 0.754. The number of carbonyl (C=O) groups excluding carboxylic acids is 1. The number of aryl methyl sites for hydroxylation is 1. The summed E-state index contributed by atoms with van der Waals surface area (Å²) >= 11 is 7.17. The SMILES string of the molecule is COc1ccc(C(NC(=O)c2ccc(Cl)s2)c2nccn2C)cc1. The second kappa shape index (κ2) is 7.07. The molecule has 1 N–H and O–H groups in total. The lowest BCUT2D eigenvalue weighted by Gasteiger charge is -2.19. The molecule has 0 fully saturated rings. The summed E-state index contributed by atoms with van der Waals surface area (Å²) in [4.78, 5) is 17.5. The Labute approximate surface area is 148 Å². The maximum absolute atomic E-state index is 12.6. The average molecular weight is 362 g/mol. The van der Waals surface area contributed by atoms with Gasteiger partial charge in [0.2, 0.25) is 0 Å². The van der Waals surface area contributed by atoms with E-state index in [1.165, 1.54) is 11.3 Å². The number of nitrogens with zero attached hydrogens (tertiary/aromatic N) is 2. The third-order valence-corrected chi connectivity index (χ3v) is 4.87. The van der Waals surface area contributed by atoms with Crippen molar-refractivity contribution in [3.8, 4) is 5.75 Å². The number of imidazole rings is 1. The molecule has 0 aliphatic heterocycles. The number of carbonyl (C=O) groups is 1. The molecule has 0 aliphatic rings. The molecule has 3 aromatic rings. The van der Waals surface area contributed by atoms with Crippen LogP contribution in [0.4, 0.5) is 0 Å². The van der Waals surface area contributed by atoms with Crippen LogP contribution >= 0.6 is 22.9 Å². The Hall–Kier alpha value is -2.31. The van der Waals surface area contributed by atoms with Crippen molar-refractivity contribution in [2.24, 2.45) is 7.05 Å².